The number of guanidine groups is 2. The molecule has 0 spiro atoms. The number of carbonyl (C=O) groups excluding carboxylic acids is 7. The van der Waals surface area contributed by atoms with Crippen LogP contribution in [0, 0.1) is 5.92 Å². The van der Waals surface area contributed by atoms with E-state index in [0.29, 0.717) is 49.8 Å². The fraction of sp³-hybridized carbons (Fsp3) is 0.543. The first-order valence-corrected chi connectivity index (χ1v) is 23.1. The lowest BCUT2D eigenvalue weighted by Gasteiger charge is -2.29. The van der Waals surface area contributed by atoms with E-state index in [4.69, 9.17) is 34.4 Å². The Bertz CT molecular complexity index is 1980. The molecular weight excluding hydrogens is 877 g/mol. The van der Waals surface area contributed by atoms with E-state index in [1.54, 1.807) is 49.4 Å². The molecule has 0 fully saturated rings. The average molecular weight is 951 g/mol. The second kappa shape index (κ2) is 31.1. The lowest BCUT2D eigenvalue weighted by molar-refractivity contribution is -0.136. The molecule has 7 atom stereocenters. The Morgan fingerprint density at radius 1 is 0.559 bits per heavy atom. The summed E-state index contributed by atoms with van der Waals surface area (Å²) in [6, 6.07) is 7.55. The van der Waals surface area contributed by atoms with Crippen molar-refractivity contribution in [3.8, 4) is 5.75 Å². The lowest BCUT2D eigenvalue weighted by atomic mass is 9.96. The molecule has 22 heteroatoms. The number of phenolic OH excluding ortho intramolecular Hbond substituents is 1. The molecular formula is C46H74N14O8. The zero-order valence-electron chi connectivity index (χ0n) is 39.5. The molecule has 0 aliphatic rings. The number of phenols is 1. The zero-order valence-corrected chi connectivity index (χ0v) is 39.5. The van der Waals surface area contributed by atoms with E-state index < -0.39 is 77.6 Å². The predicted molar refractivity (Wildman–Crippen MR) is 260 cm³/mol. The van der Waals surface area contributed by atoms with Crippen molar-refractivity contribution in [1.82, 2.24) is 31.9 Å². The van der Waals surface area contributed by atoms with Gasteiger partial charge in [-0.15, -0.1) is 0 Å². The van der Waals surface area contributed by atoms with Gasteiger partial charge in [-0.25, -0.2) is 0 Å². The first-order chi connectivity index (χ1) is 32.4. The fourth-order valence-electron chi connectivity index (χ4n) is 6.99. The van der Waals surface area contributed by atoms with Gasteiger partial charge in [0.05, 0.1) is 0 Å². The van der Waals surface area contributed by atoms with Crippen molar-refractivity contribution >= 4 is 53.3 Å². The summed E-state index contributed by atoms with van der Waals surface area (Å²) in [4.78, 5) is 104. The number of aliphatic imine (C=N–C) groups is 2. The molecule has 0 heterocycles. The highest BCUT2D eigenvalue weighted by Crippen LogP contribution is 2.15. The fourth-order valence-corrected chi connectivity index (χ4v) is 6.99. The molecule has 7 amide bonds. The number of hydrogen-bond donors (Lipinski definition) is 13. The number of nitrogens with one attached hydrogen (secondary N) is 6. The number of nitrogens with two attached hydrogens (primary N) is 6. The summed E-state index contributed by atoms with van der Waals surface area (Å²) in [5.74, 6) is -5.56. The van der Waals surface area contributed by atoms with Crippen molar-refractivity contribution < 1.29 is 38.7 Å². The number of amides is 7. The number of nitrogens with zero attached hydrogens (tertiary/aromatic N) is 2. The van der Waals surface area contributed by atoms with Gasteiger partial charge < -0.3 is 71.4 Å². The third-order valence-corrected chi connectivity index (χ3v) is 11.0. The first kappa shape index (κ1) is 57.2. The Morgan fingerprint density at radius 3 is 1.50 bits per heavy atom. The topological polar surface area (TPSA) is 393 Å². The van der Waals surface area contributed by atoms with Crippen molar-refractivity contribution in [3.63, 3.8) is 0 Å². The third-order valence-electron chi connectivity index (χ3n) is 11.0. The van der Waals surface area contributed by atoms with E-state index in [-0.39, 0.29) is 81.6 Å². The largest absolute Gasteiger partial charge is 0.508 e. The molecule has 68 heavy (non-hydrogen) atoms. The Labute approximate surface area is 398 Å². The second-order valence-corrected chi connectivity index (χ2v) is 16.6. The normalized spacial score (nSPS) is 13.9. The van der Waals surface area contributed by atoms with Gasteiger partial charge in [-0.2, -0.15) is 0 Å². The molecule has 22 nitrogen and oxygen atoms in total. The van der Waals surface area contributed by atoms with E-state index in [1.165, 1.54) is 12.1 Å². The van der Waals surface area contributed by atoms with Crippen LogP contribution in [0.5, 0.6) is 5.75 Å². The minimum atomic E-state index is -1.38. The van der Waals surface area contributed by atoms with Gasteiger partial charge in [-0.1, -0.05) is 69.7 Å². The van der Waals surface area contributed by atoms with Crippen molar-refractivity contribution in [2.75, 3.05) is 19.6 Å². The summed E-state index contributed by atoms with van der Waals surface area (Å²) < 4.78 is 0. The number of benzene rings is 2. The summed E-state index contributed by atoms with van der Waals surface area (Å²) in [7, 11) is 0. The van der Waals surface area contributed by atoms with E-state index in [9.17, 15) is 38.7 Å². The highest BCUT2D eigenvalue weighted by atomic mass is 16.3. The molecule has 376 valence electrons. The average Bonchev–Trinajstić information content (AvgIpc) is 3.29. The van der Waals surface area contributed by atoms with Crippen molar-refractivity contribution in [2.24, 2.45) is 50.3 Å². The first-order valence-electron chi connectivity index (χ1n) is 23.1. The Balaban J connectivity index is 2.56. The maximum atomic E-state index is 14.5. The van der Waals surface area contributed by atoms with Crippen molar-refractivity contribution in [1.29, 1.82) is 0 Å². The van der Waals surface area contributed by atoms with Crippen LogP contribution in [-0.4, -0.2) is 114 Å². The molecule has 0 aliphatic heterocycles. The Hall–Kier alpha value is -6.97. The van der Waals surface area contributed by atoms with Crippen LogP contribution < -0.4 is 66.3 Å². The van der Waals surface area contributed by atoms with Gasteiger partial charge in [-0.3, -0.25) is 43.5 Å². The van der Waals surface area contributed by atoms with Crippen LogP contribution in [0.15, 0.2) is 64.6 Å². The van der Waals surface area contributed by atoms with Gasteiger partial charge in [0.2, 0.25) is 41.4 Å². The SMILES string of the molecule is CCCC(=O)NC(CCCN=C(N)N)C(=O)NC(Cc1ccccc1)C(=O)NC(Cc1ccc(O)cc1)C(=O)NC(CCCN=C(N)N)C(=O)NC(C(=O)NC(CCCCN)C(N)=O)C(C)CC. The van der Waals surface area contributed by atoms with Gasteiger partial charge in [0.15, 0.2) is 11.9 Å². The number of hydrogen-bond acceptors (Lipinski definition) is 11. The number of carbonyl (C=O) groups is 7. The third kappa shape index (κ3) is 22.0. The Morgan fingerprint density at radius 2 is 1.01 bits per heavy atom. The molecule has 2 aromatic carbocycles. The smallest absolute Gasteiger partial charge is 0.243 e. The summed E-state index contributed by atoms with van der Waals surface area (Å²) in [6.45, 7) is 6.03. The van der Waals surface area contributed by atoms with E-state index in [2.05, 4.69) is 41.9 Å². The van der Waals surface area contributed by atoms with Crippen LogP contribution in [0.3, 0.4) is 0 Å². The predicted octanol–water partition coefficient (Wildman–Crippen LogP) is -1.35. The van der Waals surface area contributed by atoms with Crippen LogP contribution in [-0.2, 0) is 46.4 Å². The maximum absolute atomic E-state index is 14.5. The molecule has 2 aromatic rings. The minimum absolute atomic E-state index is 0.0197. The summed E-state index contributed by atoms with van der Waals surface area (Å²) in [5.41, 5.74) is 34.4. The Kier molecular flexibility index (Phi) is 26.1. The molecule has 0 aromatic heterocycles. The molecule has 0 saturated carbocycles. The standard InChI is InChI=1S/C46H74N14O8/c1-4-13-37(62)55-33(17-11-24-53-45(49)50)40(64)58-35(26-29-14-7-6-8-15-29)43(67)59-36(27-30-19-21-31(61)22-20-30)42(66)57-34(18-12-25-54-46(51)52)41(65)60-38(28(3)5-2)44(68)56-32(39(48)63)16-9-10-23-47/h6-8,14-15,19-22,28,32-36,38,61H,4-5,9-13,16-18,23-27,47H2,1-3H3,(H2,48,63)(H,55,62)(H,56,68)(H,57,66)(H,58,64)(H,59,67)(H,60,65)(H4,49,50,53)(H4,51,52,54). The summed E-state index contributed by atoms with van der Waals surface area (Å²) in [5, 5.41) is 26.5. The number of aromatic hydroxyl groups is 1. The molecule has 0 radical (unpaired) electrons. The summed E-state index contributed by atoms with van der Waals surface area (Å²) >= 11 is 0. The van der Waals surface area contributed by atoms with Crippen LogP contribution in [0.4, 0.5) is 0 Å². The van der Waals surface area contributed by atoms with Gasteiger partial charge >= 0.3 is 0 Å². The van der Waals surface area contributed by atoms with Gasteiger partial charge in [0, 0.05) is 32.4 Å². The van der Waals surface area contributed by atoms with Gasteiger partial charge in [0.1, 0.15) is 42.0 Å². The zero-order chi connectivity index (χ0) is 50.6. The van der Waals surface area contributed by atoms with Crippen LogP contribution in [0.2, 0.25) is 0 Å². The van der Waals surface area contributed by atoms with Crippen LogP contribution in [0.25, 0.3) is 0 Å². The van der Waals surface area contributed by atoms with E-state index in [1.807, 2.05) is 13.8 Å². The molecule has 19 N–H and O–H groups in total. The molecule has 0 aliphatic carbocycles. The van der Waals surface area contributed by atoms with Gasteiger partial charge in [-0.05, 0) is 87.1 Å². The van der Waals surface area contributed by atoms with Crippen molar-refractivity contribution in [2.45, 2.75) is 134 Å². The second-order valence-electron chi connectivity index (χ2n) is 16.6. The monoisotopic (exact) mass is 951 g/mol. The molecule has 7 unspecified atom stereocenters. The van der Waals surface area contributed by atoms with E-state index in [0.717, 1.165) is 0 Å². The summed E-state index contributed by atoms with van der Waals surface area (Å²) in [6.07, 6.45) is 2.97. The number of rotatable bonds is 32. The van der Waals surface area contributed by atoms with Gasteiger partial charge in [0.25, 0.3) is 0 Å². The molecule has 2 rings (SSSR count). The van der Waals surface area contributed by atoms with Crippen LogP contribution >= 0.6 is 0 Å². The number of unbranched alkanes of at least 4 members (excludes halogenated alkanes) is 1. The molecule has 0 bridgehead atoms. The quantitative estimate of drug-likeness (QED) is 0.0230. The van der Waals surface area contributed by atoms with Crippen molar-refractivity contribution in [3.05, 3.63) is 65.7 Å². The maximum Gasteiger partial charge on any atom is 0.243 e. The lowest BCUT2D eigenvalue weighted by Crippen LogP contribution is -2.61. The minimum Gasteiger partial charge on any atom is -0.508 e. The molecule has 0 saturated heterocycles. The van der Waals surface area contributed by atoms with E-state index >= 15 is 0 Å². The number of primary amides is 1. The highest BCUT2D eigenvalue weighted by Gasteiger charge is 2.35. The van der Waals surface area contributed by atoms with Crippen LogP contribution in [0.1, 0.15) is 96.1 Å². The highest BCUT2D eigenvalue weighted by molar-refractivity contribution is 5.97.